The lowest BCUT2D eigenvalue weighted by atomic mass is 10.2. The molecule has 0 heterocycles. The van der Waals surface area contributed by atoms with Gasteiger partial charge in [-0.3, -0.25) is 0 Å². The largest absolute Gasteiger partial charge is 0.401 e. The maximum Gasteiger partial charge on any atom is 0.261 e. The summed E-state index contributed by atoms with van der Waals surface area (Å²) in [7, 11) is -2.52. The van der Waals surface area contributed by atoms with E-state index < -0.39 is 8.32 Å². The normalized spacial score (nSPS) is 14.0. The third-order valence-electron chi connectivity index (χ3n) is 4.60. The van der Waals surface area contributed by atoms with E-state index in [0.717, 1.165) is 6.42 Å². The quantitative estimate of drug-likeness (QED) is 0.604. The number of aliphatic hydroxyl groups excluding tert-OH is 1. The Morgan fingerprint density at radius 2 is 1.44 bits per heavy atom. The number of aliphatic hydroxyl groups is 1. The van der Waals surface area contributed by atoms with E-state index in [9.17, 15) is 5.11 Å². The van der Waals surface area contributed by atoms with Gasteiger partial charge in [-0.05, 0) is 21.8 Å². The molecule has 3 heteroatoms. The van der Waals surface area contributed by atoms with Gasteiger partial charge in [0, 0.05) is 0 Å². The smallest absolute Gasteiger partial charge is 0.261 e. The summed E-state index contributed by atoms with van der Waals surface area (Å²) in [6, 6.07) is 21.3. The number of hydrogen-bond donors (Lipinski definition) is 1. The van der Waals surface area contributed by atoms with Crippen molar-refractivity contribution in [2.24, 2.45) is 0 Å². The van der Waals surface area contributed by atoms with Crippen LogP contribution >= 0.6 is 0 Å². The predicted octanol–water partition coefficient (Wildman–Crippen LogP) is 3.89. The lowest BCUT2D eigenvalue weighted by Gasteiger charge is -2.44. The van der Waals surface area contributed by atoms with E-state index in [2.05, 4.69) is 88.4 Å². The minimum Gasteiger partial charge on any atom is -0.401 e. The van der Waals surface area contributed by atoms with Crippen molar-refractivity contribution in [1.82, 2.24) is 0 Å². The molecule has 0 saturated heterocycles. The monoisotopic (exact) mass is 354 g/mol. The van der Waals surface area contributed by atoms with E-state index in [0.29, 0.717) is 0 Å². The van der Waals surface area contributed by atoms with Gasteiger partial charge in [0.1, 0.15) is 0 Å². The van der Waals surface area contributed by atoms with Gasteiger partial charge in [-0.25, -0.2) is 0 Å². The van der Waals surface area contributed by atoms with Crippen molar-refractivity contribution in [3.8, 4) is 0 Å². The first-order valence-corrected chi connectivity index (χ1v) is 10.9. The van der Waals surface area contributed by atoms with E-state index >= 15 is 0 Å². The molecule has 0 saturated carbocycles. The molecule has 0 aliphatic heterocycles. The molecule has 0 fully saturated rings. The Hall–Kier alpha value is -1.68. The highest BCUT2D eigenvalue weighted by molar-refractivity contribution is 6.99. The number of hydrogen-bond acceptors (Lipinski definition) is 2. The molecule has 1 atom stereocenters. The van der Waals surface area contributed by atoms with E-state index in [1.807, 2.05) is 6.08 Å². The molecule has 0 radical (unpaired) electrons. The summed E-state index contributed by atoms with van der Waals surface area (Å²) < 4.78 is 6.97. The molecule has 2 aromatic rings. The minimum absolute atomic E-state index is 0.0153. The van der Waals surface area contributed by atoms with Crippen LogP contribution in [-0.2, 0) is 4.43 Å². The van der Waals surface area contributed by atoms with Gasteiger partial charge in [0.25, 0.3) is 8.32 Å². The summed E-state index contributed by atoms with van der Waals surface area (Å²) in [5.74, 6) is 0. The van der Waals surface area contributed by atoms with Gasteiger partial charge >= 0.3 is 0 Å². The standard InChI is InChI=1S/C22H30O2Si/c1-5-19(13-12-18-23)24-25(22(2,3)4,20-14-8-6-9-15-20)21-16-10-7-11-17-21/h6-17,19,23H,5,18H2,1-4H3/b13-12+/t19-/m1/s1. The Morgan fingerprint density at radius 1 is 0.960 bits per heavy atom. The molecule has 2 aromatic carbocycles. The number of benzene rings is 2. The van der Waals surface area contributed by atoms with Crippen LogP contribution in [0.2, 0.25) is 5.04 Å². The van der Waals surface area contributed by atoms with Crippen molar-refractivity contribution >= 4 is 18.7 Å². The fraction of sp³-hybridized carbons (Fsp3) is 0.364. The van der Waals surface area contributed by atoms with Gasteiger partial charge < -0.3 is 9.53 Å². The molecule has 0 aliphatic carbocycles. The van der Waals surface area contributed by atoms with Crippen LogP contribution in [0.4, 0.5) is 0 Å². The van der Waals surface area contributed by atoms with Crippen molar-refractivity contribution in [2.45, 2.75) is 45.3 Å². The van der Waals surface area contributed by atoms with Crippen LogP contribution in [-0.4, -0.2) is 26.1 Å². The third-order valence-corrected chi connectivity index (χ3v) is 9.66. The minimum atomic E-state index is -2.52. The van der Waals surface area contributed by atoms with Gasteiger partial charge in [-0.1, -0.05) is 101 Å². The summed E-state index contributed by atoms with van der Waals surface area (Å²) in [5.41, 5.74) is 0. The maximum atomic E-state index is 9.17. The topological polar surface area (TPSA) is 29.5 Å². The van der Waals surface area contributed by atoms with Crippen molar-refractivity contribution in [3.63, 3.8) is 0 Å². The predicted molar refractivity (Wildman–Crippen MR) is 109 cm³/mol. The molecule has 0 aliphatic rings. The lowest BCUT2D eigenvalue weighted by Crippen LogP contribution is -2.67. The highest BCUT2D eigenvalue weighted by atomic mass is 28.4. The summed E-state index contributed by atoms with van der Waals surface area (Å²) in [6.07, 6.45) is 4.64. The Morgan fingerprint density at radius 3 is 1.80 bits per heavy atom. The number of rotatable bonds is 7. The Bertz CT molecular complexity index is 620. The lowest BCUT2D eigenvalue weighted by molar-refractivity contribution is 0.227. The molecule has 134 valence electrons. The molecule has 0 spiro atoms. The molecule has 1 N–H and O–H groups in total. The Kier molecular flexibility index (Phi) is 6.76. The van der Waals surface area contributed by atoms with Crippen LogP contribution in [0.5, 0.6) is 0 Å². The maximum absolute atomic E-state index is 9.17. The SMILES string of the molecule is CC[C@H](/C=C/CO)O[Si](c1ccccc1)(c1ccccc1)C(C)(C)C. The first-order valence-electron chi connectivity index (χ1n) is 9.02. The highest BCUT2D eigenvalue weighted by Crippen LogP contribution is 2.37. The summed E-state index contributed by atoms with van der Waals surface area (Å²) >= 11 is 0. The fourth-order valence-corrected chi connectivity index (χ4v) is 8.10. The van der Waals surface area contributed by atoms with Crippen molar-refractivity contribution in [2.75, 3.05) is 6.61 Å². The Balaban J connectivity index is 2.66. The van der Waals surface area contributed by atoms with Gasteiger partial charge in [0.2, 0.25) is 0 Å². The fourth-order valence-electron chi connectivity index (χ4n) is 3.39. The van der Waals surface area contributed by atoms with Crippen LogP contribution in [0.1, 0.15) is 34.1 Å². The zero-order valence-corrected chi connectivity index (χ0v) is 16.8. The second-order valence-electron chi connectivity index (χ2n) is 7.34. The summed E-state index contributed by atoms with van der Waals surface area (Å²) in [4.78, 5) is 0. The highest BCUT2D eigenvalue weighted by Gasteiger charge is 2.50. The van der Waals surface area contributed by atoms with Crippen LogP contribution in [0.3, 0.4) is 0 Å². The van der Waals surface area contributed by atoms with E-state index in [1.165, 1.54) is 10.4 Å². The van der Waals surface area contributed by atoms with Crippen molar-refractivity contribution in [1.29, 1.82) is 0 Å². The van der Waals surface area contributed by atoms with Gasteiger partial charge in [0.15, 0.2) is 0 Å². The zero-order chi connectivity index (χ0) is 18.3. The molecular formula is C22H30O2Si. The van der Waals surface area contributed by atoms with Crippen LogP contribution in [0.15, 0.2) is 72.8 Å². The molecule has 0 aromatic heterocycles. The van der Waals surface area contributed by atoms with E-state index in [1.54, 1.807) is 6.08 Å². The van der Waals surface area contributed by atoms with Crippen molar-refractivity contribution in [3.05, 3.63) is 72.8 Å². The van der Waals surface area contributed by atoms with Crippen LogP contribution in [0, 0.1) is 0 Å². The first kappa shape index (κ1) is 19.6. The van der Waals surface area contributed by atoms with Crippen LogP contribution < -0.4 is 10.4 Å². The molecule has 0 unspecified atom stereocenters. The summed E-state index contributed by atoms with van der Waals surface area (Å²) in [6.45, 7) is 9.01. The zero-order valence-electron chi connectivity index (χ0n) is 15.8. The molecule has 2 rings (SSSR count). The Labute approximate surface area is 153 Å². The van der Waals surface area contributed by atoms with E-state index in [-0.39, 0.29) is 17.7 Å². The van der Waals surface area contributed by atoms with Gasteiger partial charge in [-0.2, -0.15) is 0 Å². The average Bonchev–Trinajstić information content (AvgIpc) is 2.62. The van der Waals surface area contributed by atoms with Crippen molar-refractivity contribution < 1.29 is 9.53 Å². The second-order valence-corrected chi connectivity index (χ2v) is 11.6. The molecule has 0 bridgehead atoms. The molecule has 2 nitrogen and oxygen atoms in total. The van der Waals surface area contributed by atoms with E-state index in [4.69, 9.17) is 4.43 Å². The third kappa shape index (κ3) is 4.29. The van der Waals surface area contributed by atoms with Gasteiger partial charge in [-0.15, -0.1) is 0 Å². The molecule has 0 amide bonds. The molecular weight excluding hydrogens is 324 g/mol. The summed E-state index contributed by atoms with van der Waals surface area (Å²) in [5, 5.41) is 11.7. The second kappa shape index (κ2) is 8.61. The average molecular weight is 355 g/mol. The van der Waals surface area contributed by atoms with Gasteiger partial charge in [0.05, 0.1) is 12.7 Å². The molecule has 25 heavy (non-hydrogen) atoms. The first-order chi connectivity index (χ1) is 12.0. The van der Waals surface area contributed by atoms with Crippen LogP contribution in [0.25, 0.3) is 0 Å².